The van der Waals surface area contributed by atoms with Crippen molar-refractivity contribution in [3.8, 4) is 6.07 Å². The monoisotopic (exact) mass is 546 g/mol. The molecule has 1 aliphatic heterocycles. The van der Waals surface area contributed by atoms with E-state index in [0.717, 1.165) is 34.8 Å². The molecule has 2 aromatic heterocycles. The first kappa shape index (κ1) is 25.9. The van der Waals surface area contributed by atoms with E-state index >= 15 is 0 Å². The van der Waals surface area contributed by atoms with Crippen molar-refractivity contribution >= 4 is 36.2 Å². The topological polar surface area (TPSA) is 70.5 Å². The van der Waals surface area contributed by atoms with E-state index in [-0.39, 0.29) is 5.56 Å². The molecular weight excluding hydrogens is 516 g/mol. The summed E-state index contributed by atoms with van der Waals surface area (Å²) in [5.74, 6) is 0. The Morgan fingerprint density at radius 3 is 2.55 bits per heavy atom. The maximum absolute atomic E-state index is 14.4. The van der Waals surface area contributed by atoms with E-state index in [1.165, 1.54) is 5.56 Å². The van der Waals surface area contributed by atoms with Crippen LogP contribution in [0.3, 0.4) is 0 Å². The van der Waals surface area contributed by atoms with Gasteiger partial charge in [-0.2, -0.15) is 5.26 Å². The average Bonchev–Trinajstić information content (AvgIpc) is 3.47. The molecule has 0 amide bonds. The molecule has 204 valence electrons. The van der Waals surface area contributed by atoms with Crippen LogP contribution in [0.1, 0.15) is 42.5 Å². The third-order valence-electron chi connectivity index (χ3n) is 9.03. The Hall–Kier alpha value is -5.08. The summed E-state index contributed by atoms with van der Waals surface area (Å²) >= 11 is 0. The lowest BCUT2D eigenvalue weighted by atomic mass is 9.75. The first-order valence-corrected chi connectivity index (χ1v) is 14.4. The number of aromatic nitrogens is 2. The summed E-state index contributed by atoms with van der Waals surface area (Å²) in [6.45, 7) is 4.81. The number of hydrogen-bond acceptors (Lipinski definition) is 4. The summed E-state index contributed by atoms with van der Waals surface area (Å²) in [6.07, 6.45) is 17.6. The van der Waals surface area contributed by atoms with Crippen LogP contribution in [0.5, 0.6) is 0 Å². The summed E-state index contributed by atoms with van der Waals surface area (Å²) in [7, 11) is 0. The van der Waals surface area contributed by atoms with Crippen molar-refractivity contribution in [3.63, 3.8) is 0 Å². The first-order valence-electron chi connectivity index (χ1n) is 14.4. The van der Waals surface area contributed by atoms with Crippen LogP contribution in [0.15, 0.2) is 99.8 Å². The Balaban J connectivity index is 1.56. The third kappa shape index (κ3) is 3.87. The van der Waals surface area contributed by atoms with Crippen LogP contribution in [-0.4, -0.2) is 22.1 Å². The fourth-order valence-corrected chi connectivity index (χ4v) is 6.68. The maximum atomic E-state index is 14.4. The second kappa shape index (κ2) is 9.78. The molecule has 2 unspecified atom stereocenters. The molecule has 0 N–H and O–H groups in total. The number of pyridine rings is 1. The molecule has 2 aromatic carbocycles. The Labute approximate surface area is 244 Å². The molecule has 0 radical (unpaired) electrons. The van der Waals surface area contributed by atoms with Gasteiger partial charge in [0.2, 0.25) is 0 Å². The van der Waals surface area contributed by atoms with Crippen molar-refractivity contribution in [2.75, 3.05) is 6.54 Å². The Kier molecular flexibility index (Phi) is 6.02. The molecule has 7 rings (SSSR count). The number of nitrogens with zero attached hydrogens (tertiary/aromatic N) is 4. The van der Waals surface area contributed by atoms with Crippen molar-refractivity contribution in [3.05, 3.63) is 139 Å². The lowest BCUT2D eigenvalue weighted by Crippen LogP contribution is -2.41. The van der Waals surface area contributed by atoms with Gasteiger partial charge in [-0.3, -0.25) is 14.2 Å². The number of benzene rings is 2. The third-order valence-corrected chi connectivity index (χ3v) is 9.03. The van der Waals surface area contributed by atoms with Gasteiger partial charge in [-0.15, -0.1) is 0 Å². The van der Waals surface area contributed by atoms with Gasteiger partial charge in [-0.1, -0.05) is 78.9 Å². The molecule has 0 bridgehead atoms. The normalized spacial score (nSPS) is 22.5. The SMILES string of the molecule is CC1(c2ccccc2)C=c2nc3/c(=C/CCc4ccccc4)c4c(c(=O)n3c2=CC=C1C#N)C=CC=C1C=NCC14C. The number of nitriles is 1. The predicted octanol–water partition coefficient (Wildman–Crippen LogP) is 4.10. The maximum Gasteiger partial charge on any atom is 0.264 e. The lowest BCUT2D eigenvalue weighted by molar-refractivity contribution is 0.610. The molecule has 5 heteroatoms. The highest BCUT2D eigenvalue weighted by molar-refractivity contribution is 5.88. The summed E-state index contributed by atoms with van der Waals surface area (Å²) in [4.78, 5) is 24.2. The van der Waals surface area contributed by atoms with Crippen LogP contribution in [0.2, 0.25) is 0 Å². The van der Waals surface area contributed by atoms with Gasteiger partial charge < -0.3 is 0 Å². The first-order chi connectivity index (χ1) is 20.4. The molecule has 2 atom stereocenters. The van der Waals surface area contributed by atoms with E-state index in [4.69, 9.17) is 4.98 Å². The highest BCUT2D eigenvalue weighted by atomic mass is 16.1. The molecule has 3 heterocycles. The highest BCUT2D eigenvalue weighted by Gasteiger charge is 2.39. The van der Waals surface area contributed by atoms with Crippen LogP contribution in [0.25, 0.3) is 30.0 Å². The average molecular weight is 547 g/mol. The number of fused-ring (bicyclic) bond motifs is 6. The van der Waals surface area contributed by atoms with Crippen molar-refractivity contribution < 1.29 is 0 Å². The number of hydrogen-bond donors (Lipinski definition) is 0. The zero-order valence-corrected chi connectivity index (χ0v) is 23.7. The Morgan fingerprint density at radius 2 is 1.79 bits per heavy atom. The van der Waals surface area contributed by atoms with E-state index in [9.17, 15) is 10.1 Å². The summed E-state index contributed by atoms with van der Waals surface area (Å²) in [6, 6.07) is 22.9. The smallest absolute Gasteiger partial charge is 0.264 e. The molecule has 42 heavy (non-hydrogen) atoms. The van der Waals surface area contributed by atoms with Crippen LogP contribution in [0, 0.1) is 11.3 Å². The summed E-state index contributed by atoms with van der Waals surface area (Å²) in [5.41, 5.74) is 5.04. The Morgan fingerprint density at radius 1 is 1.02 bits per heavy atom. The van der Waals surface area contributed by atoms with Crippen LogP contribution in [-0.2, 0) is 17.3 Å². The standard InChI is InChI=1S/C37H30N4O/c1-36(26-14-7-4-8-15-26)21-31-32(20-19-27(36)22-38)41-34(40-31)29(17-9-13-25-11-5-3-6-12-25)33-30(35(41)42)18-10-16-28-23-39-24-37(28,33)2/h3-8,10-12,14-21,23H,9,13,24H2,1-2H3/b29-17+. The number of allylic oxidation sites excluding steroid dienone is 4. The molecule has 5 nitrogen and oxygen atoms in total. The minimum atomic E-state index is -0.700. The predicted molar refractivity (Wildman–Crippen MR) is 169 cm³/mol. The van der Waals surface area contributed by atoms with Crippen LogP contribution < -0.4 is 21.5 Å². The van der Waals surface area contributed by atoms with E-state index in [1.807, 2.05) is 79.9 Å². The van der Waals surface area contributed by atoms with Gasteiger partial charge in [0.1, 0.15) is 5.65 Å². The minimum Gasteiger partial charge on any atom is -0.292 e. The summed E-state index contributed by atoms with van der Waals surface area (Å²) < 4.78 is 1.75. The molecule has 3 aliphatic rings. The number of rotatable bonds is 4. The molecule has 2 aliphatic carbocycles. The zero-order chi connectivity index (χ0) is 28.9. The fraction of sp³-hybridized carbons (Fsp3) is 0.189. The highest BCUT2D eigenvalue weighted by Crippen LogP contribution is 2.37. The second-order valence-corrected chi connectivity index (χ2v) is 11.6. The second-order valence-electron chi connectivity index (χ2n) is 11.6. The van der Waals surface area contributed by atoms with Gasteiger partial charge >= 0.3 is 0 Å². The molecule has 0 spiro atoms. The van der Waals surface area contributed by atoms with E-state index < -0.39 is 10.8 Å². The number of imidazole rings is 1. The quantitative estimate of drug-likeness (QED) is 0.387. The fourth-order valence-electron chi connectivity index (χ4n) is 6.68. The number of aliphatic imine (C=N–C) groups is 1. The van der Waals surface area contributed by atoms with Crippen molar-refractivity contribution in [1.82, 2.24) is 9.38 Å². The van der Waals surface area contributed by atoms with Crippen molar-refractivity contribution in [1.29, 1.82) is 5.26 Å². The molecule has 0 saturated carbocycles. The molecular formula is C37H30N4O. The largest absolute Gasteiger partial charge is 0.292 e. The molecule has 0 fully saturated rings. The molecule has 4 aromatic rings. The van der Waals surface area contributed by atoms with Gasteiger partial charge in [-0.25, -0.2) is 4.98 Å². The van der Waals surface area contributed by atoms with Crippen LogP contribution >= 0.6 is 0 Å². The summed E-state index contributed by atoms with van der Waals surface area (Å²) in [5, 5.41) is 12.5. The van der Waals surface area contributed by atoms with Crippen molar-refractivity contribution in [2.24, 2.45) is 4.99 Å². The molecule has 0 saturated heterocycles. The minimum absolute atomic E-state index is 0.104. The van der Waals surface area contributed by atoms with Crippen molar-refractivity contribution in [2.45, 2.75) is 37.5 Å². The number of aryl methyl sites for hydroxylation is 1. The lowest BCUT2D eigenvalue weighted by Gasteiger charge is -2.27. The van der Waals surface area contributed by atoms with Gasteiger partial charge in [0.05, 0.1) is 23.3 Å². The zero-order valence-electron chi connectivity index (χ0n) is 23.7. The van der Waals surface area contributed by atoms with E-state index in [1.54, 1.807) is 4.40 Å². The van der Waals surface area contributed by atoms with Gasteiger partial charge in [0, 0.05) is 33.4 Å². The van der Waals surface area contributed by atoms with Crippen LogP contribution in [0.4, 0.5) is 0 Å². The van der Waals surface area contributed by atoms with E-state index in [2.05, 4.69) is 54.4 Å². The van der Waals surface area contributed by atoms with Gasteiger partial charge in [0.25, 0.3) is 5.56 Å². The van der Waals surface area contributed by atoms with E-state index in [0.29, 0.717) is 34.0 Å². The Bertz CT molecular complexity index is 2160. The van der Waals surface area contributed by atoms with Gasteiger partial charge in [0.15, 0.2) is 0 Å². The van der Waals surface area contributed by atoms with Gasteiger partial charge in [-0.05, 0) is 73.3 Å².